The van der Waals surface area contributed by atoms with Gasteiger partial charge in [-0.2, -0.15) is 4.68 Å². The van der Waals surface area contributed by atoms with Crippen LogP contribution in [0.1, 0.15) is 11.1 Å². The third kappa shape index (κ3) is 4.29. The number of hydrogen-bond acceptors (Lipinski definition) is 7. The standard InChI is InChI=1S/C17H16N6O3S/c1-11-5-3-6-13(9-11)22-17(19-20-21-22)27-10-16(24)18-14-7-4-8-15(12(14)2)23(25)26/h3-9H,10H2,1-2H3,(H,18,24). The predicted octanol–water partition coefficient (Wildman–Crippen LogP) is 2.92. The quantitative estimate of drug-likeness (QED) is 0.394. The molecule has 10 heteroatoms. The largest absolute Gasteiger partial charge is 0.325 e. The van der Waals surface area contributed by atoms with E-state index in [2.05, 4.69) is 20.8 Å². The van der Waals surface area contributed by atoms with Crippen LogP contribution < -0.4 is 5.32 Å². The molecule has 1 amide bonds. The number of tetrazole rings is 1. The molecule has 0 saturated heterocycles. The molecule has 1 heterocycles. The molecule has 3 rings (SSSR count). The number of nitrogens with zero attached hydrogens (tertiary/aromatic N) is 5. The summed E-state index contributed by atoms with van der Waals surface area (Å²) in [6, 6.07) is 12.2. The average molecular weight is 384 g/mol. The molecule has 2 aromatic carbocycles. The number of amides is 1. The fraction of sp³-hybridized carbons (Fsp3) is 0.176. The van der Waals surface area contributed by atoms with Crippen LogP contribution in [0, 0.1) is 24.0 Å². The zero-order valence-corrected chi connectivity index (χ0v) is 15.4. The number of carbonyl (C=O) groups is 1. The van der Waals surface area contributed by atoms with Gasteiger partial charge in [-0.3, -0.25) is 14.9 Å². The van der Waals surface area contributed by atoms with Crippen molar-refractivity contribution in [3.63, 3.8) is 0 Å². The van der Waals surface area contributed by atoms with Crippen molar-refractivity contribution < 1.29 is 9.72 Å². The Kier molecular flexibility index (Phi) is 5.46. The number of thioether (sulfide) groups is 1. The third-order valence-corrected chi connectivity index (χ3v) is 4.71. The maximum Gasteiger partial charge on any atom is 0.274 e. The molecule has 0 unspecified atom stereocenters. The molecular weight excluding hydrogens is 368 g/mol. The van der Waals surface area contributed by atoms with Gasteiger partial charge >= 0.3 is 0 Å². The molecule has 1 aromatic heterocycles. The molecule has 138 valence electrons. The van der Waals surface area contributed by atoms with Gasteiger partial charge in [-0.25, -0.2) is 0 Å². The summed E-state index contributed by atoms with van der Waals surface area (Å²) in [5.41, 5.74) is 2.65. The summed E-state index contributed by atoms with van der Waals surface area (Å²) in [4.78, 5) is 22.8. The number of nitro groups is 1. The van der Waals surface area contributed by atoms with Crippen LogP contribution in [-0.4, -0.2) is 36.8 Å². The van der Waals surface area contributed by atoms with Crippen LogP contribution in [0.15, 0.2) is 47.6 Å². The van der Waals surface area contributed by atoms with Gasteiger partial charge in [0.05, 0.1) is 27.6 Å². The normalized spacial score (nSPS) is 10.6. The van der Waals surface area contributed by atoms with Crippen molar-refractivity contribution >= 4 is 29.0 Å². The summed E-state index contributed by atoms with van der Waals surface area (Å²) in [6.07, 6.45) is 0. The van der Waals surface area contributed by atoms with Crippen LogP contribution >= 0.6 is 11.8 Å². The predicted molar refractivity (Wildman–Crippen MR) is 101 cm³/mol. The van der Waals surface area contributed by atoms with Gasteiger partial charge in [0.25, 0.3) is 5.69 Å². The zero-order chi connectivity index (χ0) is 19.4. The lowest BCUT2D eigenvalue weighted by Crippen LogP contribution is -2.15. The van der Waals surface area contributed by atoms with E-state index in [1.165, 1.54) is 23.9 Å². The fourth-order valence-electron chi connectivity index (χ4n) is 2.46. The van der Waals surface area contributed by atoms with Crippen LogP contribution in [0.4, 0.5) is 11.4 Å². The Hall–Kier alpha value is -3.27. The molecule has 0 aliphatic heterocycles. The van der Waals surface area contributed by atoms with Gasteiger partial charge in [0.1, 0.15) is 0 Å². The van der Waals surface area contributed by atoms with Crippen molar-refractivity contribution in [3.8, 4) is 5.69 Å². The number of rotatable bonds is 6. The SMILES string of the molecule is Cc1cccc(-n2nnnc2SCC(=O)Nc2cccc([N+](=O)[O-])c2C)c1. The minimum Gasteiger partial charge on any atom is -0.325 e. The highest BCUT2D eigenvalue weighted by atomic mass is 32.2. The number of hydrogen-bond donors (Lipinski definition) is 1. The maximum atomic E-state index is 12.3. The Morgan fingerprint density at radius 3 is 2.78 bits per heavy atom. The second-order valence-electron chi connectivity index (χ2n) is 5.76. The van der Waals surface area contributed by atoms with E-state index >= 15 is 0 Å². The molecule has 3 aromatic rings. The number of aromatic nitrogens is 4. The van der Waals surface area contributed by atoms with Crippen molar-refractivity contribution in [2.75, 3.05) is 11.1 Å². The summed E-state index contributed by atoms with van der Waals surface area (Å²) in [7, 11) is 0. The first-order chi connectivity index (χ1) is 13.0. The van der Waals surface area contributed by atoms with E-state index in [0.29, 0.717) is 16.4 Å². The van der Waals surface area contributed by atoms with E-state index in [0.717, 1.165) is 11.3 Å². The van der Waals surface area contributed by atoms with Crippen molar-refractivity contribution in [2.24, 2.45) is 0 Å². The smallest absolute Gasteiger partial charge is 0.274 e. The second-order valence-corrected chi connectivity index (χ2v) is 6.70. The molecule has 0 bridgehead atoms. The molecular formula is C17H16N6O3S. The number of nitro benzene ring substituents is 1. The minimum atomic E-state index is -0.476. The second kappa shape index (κ2) is 7.96. The molecule has 0 saturated carbocycles. The first-order valence-corrected chi connectivity index (χ1v) is 8.96. The van der Waals surface area contributed by atoms with E-state index in [9.17, 15) is 14.9 Å². The molecule has 1 N–H and O–H groups in total. The molecule has 0 aliphatic carbocycles. The van der Waals surface area contributed by atoms with Crippen LogP contribution in [0.2, 0.25) is 0 Å². The van der Waals surface area contributed by atoms with Gasteiger partial charge in [-0.15, -0.1) is 5.10 Å². The van der Waals surface area contributed by atoms with Crippen molar-refractivity contribution in [1.82, 2.24) is 20.2 Å². The summed E-state index contributed by atoms with van der Waals surface area (Å²) in [5, 5.41) is 25.8. The lowest BCUT2D eigenvalue weighted by molar-refractivity contribution is -0.385. The van der Waals surface area contributed by atoms with E-state index in [1.54, 1.807) is 17.7 Å². The number of anilines is 1. The van der Waals surface area contributed by atoms with Crippen LogP contribution in [0.25, 0.3) is 5.69 Å². The number of nitrogens with one attached hydrogen (secondary N) is 1. The highest BCUT2D eigenvalue weighted by Crippen LogP contribution is 2.25. The van der Waals surface area contributed by atoms with E-state index < -0.39 is 4.92 Å². The Morgan fingerprint density at radius 2 is 2.04 bits per heavy atom. The highest BCUT2D eigenvalue weighted by molar-refractivity contribution is 7.99. The van der Waals surface area contributed by atoms with Gasteiger partial charge < -0.3 is 5.32 Å². The topological polar surface area (TPSA) is 116 Å². The van der Waals surface area contributed by atoms with E-state index in [4.69, 9.17) is 0 Å². The van der Waals surface area contributed by atoms with Gasteiger partial charge in [-0.05, 0) is 48.0 Å². The Labute approximate surface area is 158 Å². The molecule has 0 spiro atoms. The van der Waals surface area contributed by atoms with Gasteiger partial charge in [0, 0.05) is 6.07 Å². The summed E-state index contributed by atoms with van der Waals surface area (Å²) >= 11 is 1.18. The number of aryl methyl sites for hydroxylation is 1. The van der Waals surface area contributed by atoms with E-state index in [1.807, 2.05) is 31.2 Å². The first kappa shape index (κ1) is 18.5. The van der Waals surface area contributed by atoms with Crippen molar-refractivity contribution in [2.45, 2.75) is 19.0 Å². The Morgan fingerprint density at radius 1 is 1.26 bits per heavy atom. The number of carbonyl (C=O) groups excluding carboxylic acids is 1. The Balaban J connectivity index is 1.69. The average Bonchev–Trinajstić information content (AvgIpc) is 3.10. The molecule has 0 radical (unpaired) electrons. The van der Waals surface area contributed by atoms with Crippen molar-refractivity contribution in [1.29, 1.82) is 0 Å². The lowest BCUT2D eigenvalue weighted by Gasteiger charge is -2.08. The first-order valence-electron chi connectivity index (χ1n) is 7.98. The molecule has 0 atom stereocenters. The lowest BCUT2D eigenvalue weighted by atomic mass is 10.1. The van der Waals surface area contributed by atoms with Crippen molar-refractivity contribution in [3.05, 3.63) is 63.7 Å². The Bertz CT molecular complexity index is 1000. The fourth-order valence-corrected chi connectivity index (χ4v) is 3.15. The minimum absolute atomic E-state index is 0.0381. The molecule has 0 aliphatic rings. The summed E-state index contributed by atoms with van der Waals surface area (Å²) in [5.74, 6) is -0.240. The van der Waals surface area contributed by atoms with Gasteiger partial charge in [0.15, 0.2) is 0 Å². The molecule has 9 nitrogen and oxygen atoms in total. The summed E-state index contributed by atoms with van der Waals surface area (Å²) < 4.78 is 1.56. The monoisotopic (exact) mass is 384 g/mol. The van der Waals surface area contributed by atoms with Crippen LogP contribution in [-0.2, 0) is 4.79 Å². The maximum absolute atomic E-state index is 12.3. The van der Waals surface area contributed by atoms with Crippen LogP contribution in [0.5, 0.6) is 0 Å². The summed E-state index contributed by atoms with van der Waals surface area (Å²) in [6.45, 7) is 3.56. The number of benzene rings is 2. The van der Waals surface area contributed by atoms with Gasteiger partial charge in [-0.1, -0.05) is 30.0 Å². The third-order valence-electron chi connectivity index (χ3n) is 3.80. The molecule has 27 heavy (non-hydrogen) atoms. The van der Waals surface area contributed by atoms with E-state index in [-0.39, 0.29) is 17.3 Å². The van der Waals surface area contributed by atoms with Crippen LogP contribution in [0.3, 0.4) is 0 Å². The highest BCUT2D eigenvalue weighted by Gasteiger charge is 2.16. The van der Waals surface area contributed by atoms with Gasteiger partial charge in [0.2, 0.25) is 11.1 Å². The zero-order valence-electron chi connectivity index (χ0n) is 14.6. The molecule has 0 fully saturated rings.